The number of benzene rings is 3. The molecule has 0 unspecified atom stereocenters. The van der Waals surface area contributed by atoms with Gasteiger partial charge in [0, 0.05) is 12.0 Å². The number of para-hydroxylation sites is 2. The van der Waals surface area contributed by atoms with E-state index in [1.807, 2.05) is 68.5 Å². The van der Waals surface area contributed by atoms with Gasteiger partial charge in [0.05, 0.1) is 30.0 Å². The third-order valence-electron chi connectivity index (χ3n) is 5.87. The molecule has 0 aromatic heterocycles. The maximum atomic E-state index is 13.6. The van der Waals surface area contributed by atoms with E-state index in [4.69, 9.17) is 8.92 Å². The van der Waals surface area contributed by atoms with Gasteiger partial charge in [-0.05, 0) is 55.3 Å². The largest absolute Gasteiger partial charge is 0.495 e. The quantitative estimate of drug-likeness (QED) is 0.391. The lowest BCUT2D eigenvalue weighted by Gasteiger charge is -2.22. The van der Waals surface area contributed by atoms with Crippen molar-refractivity contribution >= 4 is 27.8 Å². The Morgan fingerprint density at radius 3 is 2.23 bits per heavy atom. The van der Waals surface area contributed by atoms with Gasteiger partial charge >= 0.3 is 0 Å². The molecule has 0 fully saturated rings. The Kier molecular flexibility index (Phi) is 7.19. The summed E-state index contributed by atoms with van der Waals surface area (Å²) in [6, 6.07) is 23.5. The van der Waals surface area contributed by atoms with Crippen LogP contribution in [0.5, 0.6) is 5.75 Å². The summed E-state index contributed by atoms with van der Waals surface area (Å²) < 4.78 is 36.0. The lowest BCUT2D eigenvalue weighted by atomic mass is 10.1. The van der Waals surface area contributed by atoms with Crippen LogP contribution < -0.4 is 9.64 Å². The maximum Gasteiger partial charge on any atom is 0.296 e. The minimum atomic E-state index is -3.92. The Labute approximate surface area is 206 Å². The molecule has 180 valence electrons. The highest BCUT2D eigenvalue weighted by Gasteiger charge is 2.35. The van der Waals surface area contributed by atoms with Crippen molar-refractivity contribution in [1.82, 2.24) is 0 Å². The number of rotatable bonds is 8. The molecule has 6 nitrogen and oxygen atoms in total. The molecule has 1 heterocycles. The second-order valence-corrected chi connectivity index (χ2v) is 9.81. The number of aryl methyl sites for hydroxylation is 1. The molecule has 3 aromatic rings. The summed E-state index contributed by atoms with van der Waals surface area (Å²) in [5, 5.41) is 0. The van der Waals surface area contributed by atoms with Crippen molar-refractivity contribution in [3.05, 3.63) is 107 Å². The van der Waals surface area contributed by atoms with Gasteiger partial charge in [0.1, 0.15) is 5.75 Å². The summed E-state index contributed by atoms with van der Waals surface area (Å²) in [6.07, 6.45) is 2.09. The first-order valence-electron chi connectivity index (χ1n) is 11.2. The fourth-order valence-electron chi connectivity index (χ4n) is 3.98. The molecule has 0 spiro atoms. The number of hydrogen-bond acceptors (Lipinski definition) is 5. The van der Waals surface area contributed by atoms with Crippen LogP contribution in [0.15, 0.2) is 101 Å². The number of amides is 1. The van der Waals surface area contributed by atoms with Gasteiger partial charge in [-0.1, -0.05) is 60.2 Å². The van der Waals surface area contributed by atoms with E-state index in [9.17, 15) is 13.2 Å². The van der Waals surface area contributed by atoms with Gasteiger partial charge in [-0.15, -0.1) is 0 Å². The molecule has 0 N–H and O–H groups in total. The molecule has 0 saturated heterocycles. The van der Waals surface area contributed by atoms with Gasteiger partial charge in [-0.2, -0.15) is 8.42 Å². The summed E-state index contributed by atoms with van der Waals surface area (Å²) in [7, 11) is -2.36. The van der Waals surface area contributed by atoms with E-state index in [2.05, 4.69) is 0 Å². The molecule has 0 saturated carbocycles. The van der Waals surface area contributed by atoms with Gasteiger partial charge in [0.25, 0.3) is 16.0 Å². The van der Waals surface area contributed by atoms with Crippen LogP contribution in [0, 0.1) is 6.92 Å². The molecule has 1 aliphatic rings. The summed E-state index contributed by atoms with van der Waals surface area (Å²) in [4.78, 5) is 15.3. The van der Waals surface area contributed by atoms with Crippen LogP contribution in [0.4, 0.5) is 5.69 Å². The summed E-state index contributed by atoms with van der Waals surface area (Å²) in [6.45, 7) is 3.60. The van der Waals surface area contributed by atoms with Crippen LogP contribution in [0.25, 0.3) is 6.08 Å². The average molecular weight is 490 g/mol. The highest BCUT2D eigenvalue weighted by atomic mass is 32.2. The van der Waals surface area contributed by atoms with Crippen molar-refractivity contribution in [2.24, 2.45) is 0 Å². The number of methoxy groups -OCH3 is 1. The van der Waals surface area contributed by atoms with Crippen molar-refractivity contribution in [3.63, 3.8) is 0 Å². The first kappa shape index (κ1) is 24.4. The number of anilines is 1. The number of carbonyl (C=O) groups excluding carboxylic acids is 1. The van der Waals surface area contributed by atoms with Gasteiger partial charge in [-0.3, -0.25) is 13.9 Å². The molecule has 0 aliphatic carbocycles. The predicted molar refractivity (Wildman–Crippen MR) is 137 cm³/mol. The summed E-state index contributed by atoms with van der Waals surface area (Å²) in [5.41, 5.74) is 4.48. The van der Waals surface area contributed by atoms with E-state index in [0.29, 0.717) is 22.7 Å². The Balaban J connectivity index is 1.64. The first-order chi connectivity index (χ1) is 16.8. The zero-order valence-corrected chi connectivity index (χ0v) is 20.7. The number of ether oxygens (including phenoxy) is 1. The average Bonchev–Trinajstić information content (AvgIpc) is 3.09. The van der Waals surface area contributed by atoms with E-state index in [0.717, 1.165) is 16.7 Å². The minimum Gasteiger partial charge on any atom is -0.495 e. The van der Waals surface area contributed by atoms with Gasteiger partial charge < -0.3 is 4.74 Å². The summed E-state index contributed by atoms with van der Waals surface area (Å²) in [5.74, 6) is 0.331. The number of nitrogens with zero attached hydrogens (tertiary/aromatic N) is 1. The molecule has 0 bridgehead atoms. The number of allylic oxidation sites excluding steroid dienone is 1. The van der Waals surface area contributed by atoms with E-state index >= 15 is 0 Å². The second-order valence-electron chi connectivity index (χ2n) is 8.20. The zero-order valence-electron chi connectivity index (χ0n) is 19.9. The van der Waals surface area contributed by atoms with E-state index in [1.54, 1.807) is 30.2 Å². The Morgan fingerprint density at radius 2 is 1.54 bits per heavy atom. The molecular weight excluding hydrogens is 462 g/mol. The van der Waals surface area contributed by atoms with Crippen LogP contribution >= 0.6 is 0 Å². The lowest BCUT2D eigenvalue weighted by Crippen LogP contribution is -2.26. The molecular formula is C28H27NO5S. The number of hydrogen-bond donors (Lipinski definition) is 0. The van der Waals surface area contributed by atoms with Crippen LogP contribution in [0.1, 0.15) is 24.5 Å². The van der Waals surface area contributed by atoms with Crippen molar-refractivity contribution in [3.8, 4) is 5.75 Å². The second kappa shape index (κ2) is 10.3. The monoisotopic (exact) mass is 489 g/mol. The Bertz CT molecular complexity index is 1390. The van der Waals surface area contributed by atoms with E-state index in [1.165, 1.54) is 12.1 Å². The fourth-order valence-corrected chi connectivity index (χ4v) is 4.89. The molecule has 0 radical (unpaired) electrons. The standard InChI is InChI=1S/C28H27NO5S/c1-20-13-15-23(16-14-20)35(31,32)34-18-17-24-21(2)26(19-22-9-5-4-6-10-22)29(28(24)30)25-11-7-8-12-27(25)33-3/h4-16,19H,17-18H2,1-3H3/b26-19+. The molecule has 0 atom stereocenters. The van der Waals surface area contributed by atoms with E-state index in [-0.39, 0.29) is 23.8 Å². The van der Waals surface area contributed by atoms with Gasteiger partial charge in [-0.25, -0.2) is 0 Å². The van der Waals surface area contributed by atoms with Crippen molar-refractivity contribution in [1.29, 1.82) is 0 Å². The maximum absolute atomic E-state index is 13.6. The summed E-state index contributed by atoms with van der Waals surface area (Å²) >= 11 is 0. The molecule has 1 aliphatic heterocycles. The zero-order chi connectivity index (χ0) is 25.0. The third kappa shape index (κ3) is 5.21. The Morgan fingerprint density at radius 1 is 0.886 bits per heavy atom. The van der Waals surface area contributed by atoms with Crippen LogP contribution in [0.2, 0.25) is 0 Å². The van der Waals surface area contributed by atoms with E-state index < -0.39 is 10.1 Å². The lowest BCUT2D eigenvalue weighted by molar-refractivity contribution is -0.114. The molecule has 7 heteroatoms. The number of carbonyl (C=O) groups is 1. The van der Waals surface area contributed by atoms with Gasteiger partial charge in [0.15, 0.2) is 0 Å². The fraction of sp³-hybridized carbons (Fsp3) is 0.179. The normalized spacial score (nSPS) is 15.2. The molecule has 35 heavy (non-hydrogen) atoms. The van der Waals surface area contributed by atoms with Crippen molar-refractivity contribution in [2.45, 2.75) is 25.2 Å². The Hall–Kier alpha value is -3.68. The molecule has 3 aromatic carbocycles. The van der Waals surface area contributed by atoms with Crippen molar-refractivity contribution in [2.75, 3.05) is 18.6 Å². The highest BCUT2D eigenvalue weighted by molar-refractivity contribution is 7.86. The van der Waals surface area contributed by atoms with Crippen LogP contribution in [-0.2, 0) is 19.1 Å². The molecule has 4 rings (SSSR count). The third-order valence-corrected chi connectivity index (χ3v) is 7.19. The smallest absolute Gasteiger partial charge is 0.296 e. The first-order valence-corrected chi connectivity index (χ1v) is 12.6. The highest BCUT2D eigenvalue weighted by Crippen LogP contribution is 2.40. The van der Waals surface area contributed by atoms with Crippen LogP contribution in [-0.4, -0.2) is 28.0 Å². The predicted octanol–water partition coefficient (Wildman–Crippen LogP) is 5.50. The molecule has 1 amide bonds. The minimum absolute atomic E-state index is 0.0897. The SMILES string of the molecule is COc1ccccc1N1C(=O)C(CCOS(=O)(=O)c2ccc(C)cc2)=C(C)/C1=C\c1ccccc1. The van der Waals surface area contributed by atoms with Crippen molar-refractivity contribution < 1.29 is 22.1 Å². The van der Waals surface area contributed by atoms with Gasteiger partial charge in [0.2, 0.25) is 0 Å². The van der Waals surface area contributed by atoms with Crippen LogP contribution in [0.3, 0.4) is 0 Å². The topological polar surface area (TPSA) is 72.9 Å².